The highest BCUT2D eigenvalue weighted by atomic mass is 127. The van der Waals surface area contributed by atoms with Gasteiger partial charge in [0.15, 0.2) is 0 Å². The zero-order valence-corrected chi connectivity index (χ0v) is 15.0. The Kier molecular flexibility index (Phi) is 5.58. The Morgan fingerprint density at radius 3 is 2.17 bits per heavy atom. The highest BCUT2D eigenvalue weighted by Gasteiger charge is 2.39. The van der Waals surface area contributed by atoms with Gasteiger partial charge in [-0.25, -0.2) is 0 Å². The molecule has 0 heterocycles. The maximum atomic E-state index is 12.4. The van der Waals surface area contributed by atoms with Crippen molar-refractivity contribution in [2.75, 3.05) is 19.0 Å². The molecule has 0 amide bonds. The molecule has 126 valence electrons. The standard InChI is InChI=1S/C16H13F3IN3O/c1-23(2)12-6-4-11(5-7-12)21-22-14-8-3-10(9-13(14)20)15(24)16(17,18)19/h3-9H,1-2H3. The van der Waals surface area contributed by atoms with Crippen molar-refractivity contribution in [1.82, 2.24) is 0 Å². The molecule has 0 aromatic heterocycles. The summed E-state index contributed by atoms with van der Waals surface area (Å²) in [4.78, 5) is 13.2. The van der Waals surface area contributed by atoms with Crippen LogP contribution in [0.25, 0.3) is 0 Å². The smallest absolute Gasteiger partial charge is 0.378 e. The number of azo groups is 1. The number of alkyl halides is 3. The van der Waals surface area contributed by atoms with E-state index in [9.17, 15) is 18.0 Å². The maximum Gasteiger partial charge on any atom is 0.454 e. The van der Waals surface area contributed by atoms with E-state index in [2.05, 4.69) is 10.2 Å². The van der Waals surface area contributed by atoms with Crippen LogP contribution in [0.2, 0.25) is 0 Å². The fourth-order valence-electron chi connectivity index (χ4n) is 1.82. The van der Waals surface area contributed by atoms with E-state index in [4.69, 9.17) is 0 Å². The van der Waals surface area contributed by atoms with Gasteiger partial charge in [-0.05, 0) is 65.1 Å². The Balaban J connectivity index is 2.20. The molecule has 4 nitrogen and oxygen atoms in total. The van der Waals surface area contributed by atoms with Crippen molar-refractivity contribution in [2.24, 2.45) is 10.2 Å². The molecule has 0 atom stereocenters. The Morgan fingerprint density at radius 2 is 1.67 bits per heavy atom. The third-order valence-corrected chi connectivity index (χ3v) is 3.97. The van der Waals surface area contributed by atoms with Gasteiger partial charge < -0.3 is 4.90 Å². The summed E-state index contributed by atoms with van der Waals surface area (Å²) in [6.07, 6.45) is -4.89. The number of anilines is 1. The topological polar surface area (TPSA) is 45.0 Å². The van der Waals surface area contributed by atoms with Crippen molar-refractivity contribution in [2.45, 2.75) is 6.18 Å². The number of hydrogen-bond donors (Lipinski definition) is 0. The quantitative estimate of drug-likeness (QED) is 0.352. The minimum atomic E-state index is -4.89. The molecule has 0 unspecified atom stereocenters. The molecule has 24 heavy (non-hydrogen) atoms. The molecule has 2 aromatic carbocycles. The number of carbonyl (C=O) groups is 1. The molecular formula is C16H13F3IN3O. The fraction of sp³-hybridized carbons (Fsp3) is 0.188. The lowest BCUT2D eigenvalue weighted by Crippen LogP contribution is -2.22. The van der Waals surface area contributed by atoms with Gasteiger partial charge in [-0.15, -0.1) is 5.11 Å². The predicted octanol–water partition coefficient (Wildman–Crippen LogP) is 5.52. The predicted molar refractivity (Wildman–Crippen MR) is 94.5 cm³/mol. The van der Waals surface area contributed by atoms with Gasteiger partial charge in [0, 0.05) is 28.9 Å². The molecule has 0 bridgehead atoms. The summed E-state index contributed by atoms with van der Waals surface area (Å²) < 4.78 is 37.7. The first-order valence-corrected chi connectivity index (χ1v) is 7.86. The third-order valence-electron chi connectivity index (χ3n) is 3.11. The van der Waals surface area contributed by atoms with Crippen LogP contribution in [0, 0.1) is 3.57 Å². The number of nitrogens with zero attached hydrogens (tertiary/aromatic N) is 3. The van der Waals surface area contributed by atoms with Crippen molar-refractivity contribution >= 4 is 45.4 Å². The van der Waals surface area contributed by atoms with E-state index in [0.29, 0.717) is 14.9 Å². The molecule has 0 saturated heterocycles. The van der Waals surface area contributed by atoms with Crippen LogP contribution in [-0.2, 0) is 0 Å². The summed E-state index contributed by atoms with van der Waals surface area (Å²) >= 11 is 1.82. The van der Waals surface area contributed by atoms with Gasteiger partial charge in [0.25, 0.3) is 5.78 Å². The maximum absolute atomic E-state index is 12.4. The average molecular weight is 447 g/mol. The average Bonchev–Trinajstić information content (AvgIpc) is 2.52. The second-order valence-electron chi connectivity index (χ2n) is 5.10. The third kappa shape index (κ3) is 4.53. The van der Waals surface area contributed by atoms with Crippen LogP contribution in [0.15, 0.2) is 52.7 Å². The molecule has 0 saturated carbocycles. The molecule has 0 aliphatic heterocycles. The summed E-state index contributed by atoms with van der Waals surface area (Å²) in [6, 6.07) is 10.9. The van der Waals surface area contributed by atoms with Crippen molar-refractivity contribution in [1.29, 1.82) is 0 Å². The lowest BCUT2D eigenvalue weighted by molar-refractivity contribution is -0.0885. The van der Waals surface area contributed by atoms with Crippen LogP contribution in [0.4, 0.5) is 30.2 Å². The first-order chi connectivity index (χ1) is 11.2. The fourth-order valence-corrected chi connectivity index (χ4v) is 2.45. The van der Waals surface area contributed by atoms with Gasteiger partial charge in [-0.2, -0.15) is 18.3 Å². The number of benzene rings is 2. The van der Waals surface area contributed by atoms with Gasteiger partial charge in [0.05, 0.1) is 11.4 Å². The highest BCUT2D eigenvalue weighted by molar-refractivity contribution is 14.1. The first-order valence-electron chi connectivity index (χ1n) is 6.78. The number of ketones is 1. The van der Waals surface area contributed by atoms with E-state index in [1.165, 1.54) is 6.07 Å². The Hall–Kier alpha value is -1.97. The molecular weight excluding hydrogens is 434 g/mol. The SMILES string of the molecule is CN(C)c1ccc(N=Nc2ccc(C(=O)C(F)(F)F)cc2I)cc1. The van der Waals surface area contributed by atoms with Gasteiger partial charge >= 0.3 is 6.18 Å². The van der Waals surface area contributed by atoms with Crippen molar-refractivity contribution in [3.8, 4) is 0 Å². The number of carbonyl (C=O) groups excluding carboxylic acids is 1. The van der Waals surface area contributed by atoms with Crippen LogP contribution >= 0.6 is 22.6 Å². The van der Waals surface area contributed by atoms with Crippen LogP contribution in [0.5, 0.6) is 0 Å². The minimum absolute atomic E-state index is 0.394. The number of hydrogen-bond acceptors (Lipinski definition) is 4. The summed E-state index contributed by atoms with van der Waals surface area (Å²) in [5.74, 6) is -1.87. The molecule has 0 aliphatic rings. The lowest BCUT2D eigenvalue weighted by Gasteiger charge is -2.11. The van der Waals surface area contributed by atoms with Crippen LogP contribution in [-0.4, -0.2) is 26.1 Å². The van der Waals surface area contributed by atoms with Crippen molar-refractivity contribution in [3.63, 3.8) is 0 Å². The molecule has 0 N–H and O–H groups in total. The molecule has 8 heteroatoms. The molecule has 0 fully saturated rings. The molecule has 2 rings (SSSR count). The molecule has 2 aromatic rings. The van der Waals surface area contributed by atoms with E-state index in [1.807, 2.05) is 53.7 Å². The highest BCUT2D eigenvalue weighted by Crippen LogP contribution is 2.28. The van der Waals surface area contributed by atoms with Crippen molar-refractivity contribution < 1.29 is 18.0 Å². The second-order valence-corrected chi connectivity index (χ2v) is 6.27. The lowest BCUT2D eigenvalue weighted by atomic mass is 10.1. The van der Waals surface area contributed by atoms with Crippen LogP contribution in [0.1, 0.15) is 10.4 Å². The first kappa shape index (κ1) is 18.4. The number of rotatable bonds is 4. The molecule has 0 spiro atoms. The largest absolute Gasteiger partial charge is 0.454 e. The number of Topliss-reactive ketones (excluding diaryl/α,β-unsaturated/α-hetero) is 1. The van der Waals surface area contributed by atoms with Crippen LogP contribution in [0.3, 0.4) is 0 Å². The van der Waals surface area contributed by atoms with E-state index < -0.39 is 17.5 Å². The van der Waals surface area contributed by atoms with Crippen molar-refractivity contribution in [3.05, 3.63) is 51.6 Å². The summed E-state index contributed by atoms with van der Waals surface area (Å²) in [5.41, 5.74) is 1.61. The van der Waals surface area contributed by atoms with E-state index in [-0.39, 0.29) is 0 Å². The second kappa shape index (κ2) is 7.29. The zero-order valence-electron chi connectivity index (χ0n) is 12.8. The Bertz CT molecular complexity index is 771. The molecule has 0 radical (unpaired) electrons. The summed E-state index contributed by atoms with van der Waals surface area (Å²) in [7, 11) is 3.84. The van der Waals surface area contributed by atoms with Gasteiger partial charge in [0.1, 0.15) is 0 Å². The zero-order chi connectivity index (χ0) is 17.9. The molecule has 0 aliphatic carbocycles. The Labute approximate surface area is 150 Å². The minimum Gasteiger partial charge on any atom is -0.378 e. The van der Waals surface area contributed by atoms with Crippen LogP contribution < -0.4 is 4.90 Å². The Morgan fingerprint density at radius 1 is 1.04 bits per heavy atom. The normalized spacial score (nSPS) is 11.8. The van der Waals surface area contributed by atoms with Gasteiger partial charge in [-0.3, -0.25) is 4.79 Å². The van der Waals surface area contributed by atoms with E-state index in [1.54, 1.807) is 12.1 Å². The van der Waals surface area contributed by atoms with E-state index >= 15 is 0 Å². The van der Waals surface area contributed by atoms with Gasteiger partial charge in [-0.1, -0.05) is 0 Å². The monoisotopic (exact) mass is 447 g/mol. The summed E-state index contributed by atoms with van der Waals surface area (Å²) in [5, 5.41) is 8.08. The number of halogens is 4. The van der Waals surface area contributed by atoms with Gasteiger partial charge in [0.2, 0.25) is 0 Å². The summed E-state index contributed by atoms with van der Waals surface area (Å²) in [6.45, 7) is 0. The van der Waals surface area contributed by atoms with E-state index in [0.717, 1.165) is 17.8 Å².